The fourth-order valence-corrected chi connectivity index (χ4v) is 5.76. The van der Waals surface area contributed by atoms with Gasteiger partial charge in [-0.05, 0) is 66.3 Å². The number of ether oxygens (including phenoxy) is 4. The number of nitrogens with zero attached hydrogens (tertiary/aromatic N) is 1. The molecule has 13 heteroatoms. The predicted molar refractivity (Wildman–Crippen MR) is 188 cm³/mol. The first-order valence-corrected chi connectivity index (χ1v) is 17.7. The van der Waals surface area contributed by atoms with Crippen molar-refractivity contribution in [2.75, 3.05) is 60.4 Å². The Morgan fingerprint density at radius 2 is 1.61 bits per heavy atom. The summed E-state index contributed by atoms with van der Waals surface area (Å²) in [6.45, 7) is 5.59. The number of benzene rings is 2. The molecule has 1 fully saturated rings. The van der Waals surface area contributed by atoms with Crippen LogP contribution in [-0.4, -0.2) is 100 Å². The Morgan fingerprint density at radius 3 is 2.31 bits per heavy atom. The number of aryl methyl sites for hydroxylation is 1. The van der Waals surface area contributed by atoms with Gasteiger partial charge >= 0.3 is 6.16 Å². The van der Waals surface area contributed by atoms with Crippen molar-refractivity contribution in [1.29, 1.82) is 0 Å². The number of methoxy groups -OCH3 is 1. The lowest BCUT2D eigenvalue weighted by molar-refractivity contribution is -0.177. The first kappa shape index (κ1) is 41.3. The average Bonchev–Trinajstić information content (AvgIpc) is 3.63. The zero-order valence-corrected chi connectivity index (χ0v) is 30.0. The van der Waals surface area contributed by atoms with Crippen molar-refractivity contribution in [3.8, 4) is 11.1 Å². The summed E-state index contributed by atoms with van der Waals surface area (Å²) in [5, 5.41) is 11.9. The van der Waals surface area contributed by atoms with Gasteiger partial charge in [-0.3, -0.25) is 24.0 Å². The third-order valence-electron chi connectivity index (χ3n) is 8.37. The zero-order valence-electron chi connectivity index (χ0n) is 30.0. The lowest BCUT2D eigenvalue weighted by atomic mass is 9.93. The van der Waals surface area contributed by atoms with Crippen molar-refractivity contribution in [2.45, 2.75) is 77.0 Å². The molecule has 0 bridgehead atoms. The summed E-state index contributed by atoms with van der Waals surface area (Å²) >= 11 is 0. The van der Waals surface area contributed by atoms with E-state index in [9.17, 15) is 24.0 Å². The topological polar surface area (TPSA) is 167 Å². The number of imide groups is 1. The third-order valence-corrected chi connectivity index (χ3v) is 8.37. The van der Waals surface area contributed by atoms with E-state index in [2.05, 4.69) is 12.2 Å². The number of rotatable bonds is 21. The molecule has 2 aromatic rings. The van der Waals surface area contributed by atoms with Crippen molar-refractivity contribution in [1.82, 2.24) is 10.4 Å². The zero-order chi connectivity index (χ0) is 37.0. The molecule has 280 valence electrons. The molecule has 51 heavy (non-hydrogen) atoms. The Bertz CT molecular complexity index is 1440. The Hall–Kier alpha value is -4.17. The smallest absolute Gasteiger partial charge is 0.432 e. The van der Waals surface area contributed by atoms with Crippen molar-refractivity contribution in [3.05, 3.63) is 58.7 Å². The molecule has 1 aliphatic carbocycles. The lowest BCUT2D eigenvalue weighted by Gasteiger charge is -2.17. The molecule has 0 saturated carbocycles. The van der Waals surface area contributed by atoms with Gasteiger partial charge in [-0.1, -0.05) is 48.4 Å². The van der Waals surface area contributed by atoms with E-state index < -0.39 is 23.9 Å². The number of unbranched alkanes of at least 4 members (excludes halogenated alkanes) is 1. The van der Waals surface area contributed by atoms with Gasteiger partial charge in [0.05, 0.1) is 0 Å². The Labute approximate surface area is 299 Å². The number of hydrogen-bond donors (Lipinski definition) is 2. The third kappa shape index (κ3) is 12.8. The summed E-state index contributed by atoms with van der Waals surface area (Å²) in [6.07, 6.45) is 3.99. The van der Waals surface area contributed by atoms with Crippen LogP contribution < -0.4 is 5.32 Å². The van der Waals surface area contributed by atoms with Crippen LogP contribution in [0.1, 0.15) is 97.7 Å². The highest BCUT2D eigenvalue weighted by atomic mass is 16.8. The van der Waals surface area contributed by atoms with E-state index >= 15 is 0 Å². The van der Waals surface area contributed by atoms with E-state index in [0.717, 1.165) is 66.9 Å². The van der Waals surface area contributed by atoms with Gasteiger partial charge in [0.15, 0.2) is 5.78 Å². The Morgan fingerprint density at radius 1 is 0.882 bits per heavy atom. The number of aliphatic hydroxyl groups excluding tert-OH is 1. The minimum atomic E-state index is -1.17. The van der Waals surface area contributed by atoms with Crippen LogP contribution in [0.5, 0.6) is 0 Å². The van der Waals surface area contributed by atoms with E-state index in [0.29, 0.717) is 55.9 Å². The standard InChI is InChI=1S/C31H36N2O9.C7H16O2/c1-32-27(36)12-10-20-9-11-22-24(18-20)25(19-41-31(39)42-33-28(37)13-14-29(33)38)21-6-4-7-23(30(21)22)26(35)8-5-17-40-16-3-2-15-34;1-3-5-9-7-4-6-8-2/h4,6-7,9,11,18,25,34H,2-3,5,8,10,12-17,19H2,1H3,(H,32,36);3-7H2,1-2H3. The van der Waals surface area contributed by atoms with E-state index in [1.165, 1.54) is 0 Å². The maximum Gasteiger partial charge on any atom is 0.533 e. The second-order valence-corrected chi connectivity index (χ2v) is 12.2. The minimum absolute atomic E-state index is 0.0268. The maximum atomic E-state index is 13.3. The second-order valence-electron chi connectivity index (χ2n) is 12.2. The molecule has 2 N–H and O–H groups in total. The summed E-state index contributed by atoms with van der Waals surface area (Å²) in [4.78, 5) is 66.1. The second kappa shape index (κ2) is 22.6. The summed E-state index contributed by atoms with van der Waals surface area (Å²) in [6, 6.07) is 11.3. The first-order chi connectivity index (χ1) is 24.7. The highest BCUT2D eigenvalue weighted by Crippen LogP contribution is 2.47. The molecule has 1 unspecified atom stereocenters. The highest BCUT2D eigenvalue weighted by Gasteiger charge is 2.36. The molecule has 0 spiro atoms. The van der Waals surface area contributed by atoms with E-state index in [-0.39, 0.29) is 37.7 Å². The van der Waals surface area contributed by atoms with Crippen LogP contribution >= 0.6 is 0 Å². The largest absolute Gasteiger partial charge is 0.533 e. The van der Waals surface area contributed by atoms with Crippen LogP contribution in [0.2, 0.25) is 0 Å². The molecule has 0 aromatic heterocycles. The highest BCUT2D eigenvalue weighted by molar-refractivity contribution is 6.05. The molecule has 13 nitrogen and oxygen atoms in total. The van der Waals surface area contributed by atoms with Crippen LogP contribution in [-0.2, 0) is 44.6 Å². The molecule has 2 aliphatic rings. The van der Waals surface area contributed by atoms with Gasteiger partial charge in [-0.25, -0.2) is 4.79 Å². The van der Waals surface area contributed by atoms with Crippen LogP contribution in [0.25, 0.3) is 11.1 Å². The van der Waals surface area contributed by atoms with E-state index in [1.54, 1.807) is 26.3 Å². The van der Waals surface area contributed by atoms with Crippen LogP contribution in [0, 0.1) is 0 Å². The summed E-state index contributed by atoms with van der Waals surface area (Å²) in [5.74, 6) is -1.76. The van der Waals surface area contributed by atoms with Crippen LogP contribution in [0.15, 0.2) is 36.4 Å². The molecule has 4 rings (SSSR count). The Balaban J connectivity index is 0.000000688. The van der Waals surface area contributed by atoms with Crippen molar-refractivity contribution < 1.29 is 52.9 Å². The van der Waals surface area contributed by atoms with Gasteiger partial charge in [-0.2, -0.15) is 0 Å². The maximum absolute atomic E-state index is 13.3. The number of hydroxylamine groups is 2. The molecule has 3 amide bonds. The molecule has 0 radical (unpaired) electrons. The molecule has 1 heterocycles. The number of Topliss-reactive ketones (excluding diaryl/α,β-unsaturated/α-hetero) is 1. The number of carbonyl (C=O) groups excluding carboxylic acids is 5. The number of aliphatic hydroxyl groups is 1. The first-order valence-electron chi connectivity index (χ1n) is 17.7. The Kier molecular flexibility index (Phi) is 18.3. The number of carbonyl (C=O) groups is 5. The summed E-state index contributed by atoms with van der Waals surface area (Å²) in [7, 11) is 3.29. The number of fused-ring (bicyclic) bond motifs is 3. The van der Waals surface area contributed by atoms with Crippen molar-refractivity contribution >= 4 is 29.7 Å². The summed E-state index contributed by atoms with van der Waals surface area (Å²) in [5.41, 5.74) is 4.73. The normalized spacial score (nSPS) is 14.4. The predicted octanol–water partition coefficient (Wildman–Crippen LogP) is 4.90. The van der Waals surface area contributed by atoms with Gasteiger partial charge in [-0.15, -0.1) is 0 Å². The number of hydrogen-bond acceptors (Lipinski definition) is 11. The fourth-order valence-electron chi connectivity index (χ4n) is 5.76. The molecule has 1 atom stereocenters. The molecule has 2 aromatic carbocycles. The summed E-state index contributed by atoms with van der Waals surface area (Å²) < 4.78 is 21.0. The van der Waals surface area contributed by atoms with Gasteiger partial charge in [0.1, 0.15) is 6.61 Å². The lowest BCUT2D eigenvalue weighted by Crippen LogP contribution is -2.32. The molecular formula is C38H52N2O11. The van der Waals surface area contributed by atoms with Gasteiger partial charge < -0.3 is 29.4 Å². The quantitative estimate of drug-likeness (QED) is 0.0783. The minimum Gasteiger partial charge on any atom is -0.432 e. The molecule has 1 aliphatic heterocycles. The average molecular weight is 713 g/mol. The fraction of sp³-hybridized carbons (Fsp3) is 0.553. The van der Waals surface area contributed by atoms with Crippen molar-refractivity contribution in [2.24, 2.45) is 0 Å². The monoisotopic (exact) mass is 712 g/mol. The van der Waals surface area contributed by atoms with Crippen LogP contribution in [0.3, 0.4) is 0 Å². The number of nitrogens with one attached hydrogen (secondary N) is 1. The van der Waals surface area contributed by atoms with Crippen molar-refractivity contribution in [3.63, 3.8) is 0 Å². The van der Waals surface area contributed by atoms with Gasteiger partial charge in [0, 0.05) is 91.0 Å². The molecular weight excluding hydrogens is 660 g/mol. The SMILES string of the molecule is CCCOCCCOC.CNC(=O)CCc1ccc2c(c1)C(COC(=O)ON1C(=O)CCC1=O)c1cccc(C(=O)CCCOCCCCO)c1-2. The molecule has 1 saturated heterocycles. The van der Waals surface area contributed by atoms with E-state index in [1.807, 2.05) is 24.3 Å². The van der Waals surface area contributed by atoms with Crippen LogP contribution in [0.4, 0.5) is 4.79 Å². The van der Waals surface area contributed by atoms with Gasteiger partial charge in [0.25, 0.3) is 11.8 Å². The van der Waals surface area contributed by atoms with E-state index in [4.69, 9.17) is 28.9 Å². The number of ketones is 1. The number of amides is 3. The van der Waals surface area contributed by atoms with Gasteiger partial charge in [0.2, 0.25) is 5.91 Å².